The first-order valence-electron chi connectivity index (χ1n) is 11.1. The van der Waals surface area contributed by atoms with Crippen LogP contribution in [-0.2, 0) is 4.74 Å². The highest BCUT2D eigenvalue weighted by Gasteiger charge is 2.39. The molecule has 1 unspecified atom stereocenters. The monoisotopic (exact) mass is 530 g/mol. The van der Waals surface area contributed by atoms with Gasteiger partial charge in [-0.1, -0.05) is 19.1 Å². The van der Waals surface area contributed by atoms with Gasteiger partial charge in [0, 0.05) is 38.9 Å². The van der Waals surface area contributed by atoms with Crippen LogP contribution in [0, 0.1) is 0 Å². The zero-order valence-electron chi connectivity index (χ0n) is 18.8. The number of halogens is 1. The molecule has 2 saturated heterocycles. The van der Waals surface area contributed by atoms with Crippen LogP contribution in [0.1, 0.15) is 50.5 Å². The zero-order chi connectivity index (χ0) is 20.5. The Hall–Kier alpha value is -1.06. The van der Waals surface area contributed by atoms with Crippen molar-refractivity contribution in [3.05, 3.63) is 29.8 Å². The summed E-state index contributed by atoms with van der Waals surface area (Å²) in [6, 6.07) is 8.37. The van der Waals surface area contributed by atoms with Crippen LogP contribution in [0.3, 0.4) is 0 Å². The molecule has 1 aromatic carbocycles. The number of methoxy groups -OCH3 is 1. The lowest BCUT2D eigenvalue weighted by atomic mass is 9.88. The number of aliphatic imine (C=N–C) groups is 1. The van der Waals surface area contributed by atoms with E-state index in [1.807, 2.05) is 19.2 Å². The number of nitrogens with zero attached hydrogens (tertiary/aromatic N) is 2. The van der Waals surface area contributed by atoms with Gasteiger partial charge in [0.2, 0.25) is 0 Å². The molecule has 30 heavy (non-hydrogen) atoms. The molecule has 2 aliphatic heterocycles. The Morgan fingerprint density at radius 1 is 1.17 bits per heavy atom. The van der Waals surface area contributed by atoms with Crippen molar-refractivity contribution in [3.63, 3.8) is 0 Å². The maximum atomic E-state index is 5.66. The first-order chi connectivity index (χ1) is 14.2. The van der Waals surface area contributed by atoms with Crippen LogP contribution in [0.2, 0.25) is 0 Å². The number of benzene rings is 1. The minimum atomic E-state index is 0. The van der Waals surface area contributed by atoms with Crippen molar-refractivity contribution in [2.75, 3.05) is 53.6 Å². The normalized spacial score (nSPS) is 20.3. The van der Waals surface area contributed by atoms with Gasteiger partial charge in [0.05, 0.1) is 7.11 Å². The molecule has 0 radical (unpaired) electrons. The molecular formula is C23H39IN4O2. The van der Waals surface area contributed by atoms with Gasteiger partial charge in [-0.25, -0.2) is 0 Å². The van der Waals surface area contributed by atoms with Crippen molar-refractivity contribution in [2.24, 2.45) is 4.99 Å². The average Bonchev–Trinajstić information content (AvgIpc) is 3.32. The molecule has 2 N–H and O–H groups in total. The fourth-order valence-electron chi connectivity index (χ4n) is 4.52. The lowest BCUT2D eigenvalue weighted by Crippen LogP contribution is -2.58. The van der Waals surface area contributed by atoms with Crippen molar-refractivity contribution in [2.45, 2.75) is 50.5 Å². The van der Waals surface area contributed by atoms with E-state index in [-0.39, 0.29) is 29.5 Å². The van der Waals surface area contributed by atoms with E-state index in [0.29, 0.717) is 5.92 Å². The molecule has 2 aliphatic rings. The Kier molecular flexibility index (Phi) is 10.7. The van der Waals surface area contributed by atoms with Crippen molar-refractivity contribution in [3.8, 4) is 5.75 Å². The summed E-state index contributed by atoms with van der Waals surface area (Å²) < 4.78 is 10.9. The molecule has 0 aromatic heterocycles. The lowest BCUT2D eigenvalue weighted by molar-refractivity contribution is -0.0164. The summed E-state index contributed by atoms with van der Waals surface area (Å²) in [4.78, 5) is 7.13. The van der Waals surface area contributed by atoms with E-state index in [1.54, 1.807) is 7.11 Å². The molecule has 0 aliphatic carbocycles. The predicted molar refractivity (Wildman–Crippen MR) is 134 cm³/mol. The molecular weight excluding hydrogens is 491 g/mol. The average molecular weight is 530 g/mol. The van der Waals surface area contributed by atoms with Gasteiger partial charge in [-0.05, 0) is 68.8 Å². The number of likely N-dealkylation sites (tertiary alicyclic amines) is 1. The van der Waals surface area contributed by atoms with E-state index in [9.17, 15) is 0 Å². The highest BCUT2D eigenvalue weighted by molar-refractivity contribution is 14.0. The number of rotatable bonds is 8. The summed E-state index contributed by atoms with van der Waals surface area (Å²) in [5.74, 6) is 2.29. The van der Waals surface area contributed by atoms with Gasteiger partial charge >= 0.3 is 0 Å². The second kappa shape index (κ2) is 12.7. The summed E-state index contributed by atoms with van der Waals surface area (Å²) in [6.07, 6.45) is 5.90. The number of hydrogen-bond acceptors (Lipinski definition) is 4. The third-order valence-corrected chi connectivity index (χ3v) is 6.56. The van der Waals surface area contributed by atoms with Crippen molar-refractivity contribution < 1.29 is 9.47 Å². The minimum Gasteiger partial charge on any atom is -0.497 e. The van der Waals surface area contributed by atoms with E-state index in [2.05, 4.69) is 39.6 Å². The maximum Gasteiger partial charge on any atom is 0.191 e. The minimum absolute atomic E-state index is 0. The summed E-state index contributed by atoms with van der Waals surface area (Å²) in [5.41, 5.74) is 1.55. The lowest BCUT2D eigenvalue weighted by Gasteiger charge is -2.45. The van der Waals surface area contributed by atoms with Gasteiger partial charge in [0.15, 0.2) is 5.96 Å². The molecule has 7 heteroatoms. The van der Waals surface area contributed by atoms with E-state index >= 15 is 0 Å². The van der Waals surface area contributed by atoms with Crippen molar-refractivity contribution in [1.82, 2.24) is 15.5 Å². The molecule has 0 saturated carbocycles. The standard InChI is InChI=1S/C23H38N4O2.HI/c1-19(20-6-8-21(28-3)9-7-20)10-13-25-22(24-2)26-18-23(11-16-29-17-12-23)27-14-4-5-15-27;/h6-9,19H,4-5,10-18H2,1-3H3,(H2,24,25,26);1H. The van der Waals surface area contributed by atoms with Gasteiger partial charge < -0.3 is 20.1 Å². The van der Waals surface area contributed by atoms with Gasteiger partial charge in [-0.2, -0.15) is 0 Å². The van der Waals surface area contributed by atoms with Crippen LogP contribution >= 0.6 is 24.0 Å². The van der Waals surface area contributed by atoms with Crippen LogP contribution in [-0.4, -0.2) is 69.9 Å². The molecule has 170 valence electrons. The van der Waals surface area contributed by atoms with E-state index in [0.717, 1.165) is 57.3 Å². The molecule has 0 spiro atoms. The van der Waals surface area contributed by atoms with Crippen molar-refractivity contribution in [1.29, 1.82) is 0 Å². The van der Waals surface area contributed by atoms with E-state index in [1.165, 1.54) is 31.5 Å². The van der Waals surface area contributed by atoms with Gasteiger partial charge in [-0.15, -0.1) is 24.0 Å². The van der Waals surface area contributed by atoms with Crippen LogP contribution in [0.5, 0.6) is 5.75 Å². The largest absolute Gasteiger partial charge is 0.497 e. The fourth-order valence-corrected chi connectivity index (χ4v) is 4.52. The van der Waals surface area contributed by atoms with Crippen LogP contribution in [0.4, 0.5) is 0 Å². The third-order valence-electron chi connectivity index (χ3n) is 6.56. The molecule has 1 atom stereocenters. The van der Waals surface area contributed by atoms with Gasteiger partial charge in [0.1, 0.15) is 5.75 Å². The van der Waals surface area contributed by atoms with Crippen LogP contribution in [0.25, 0.3) is 0 Å². The zero-order valence-corrected chi connectivity index (χ0v) is 21.1. The number of hydrogen-bond donors (Lipinski definition) is 2. The second-order valence-electron chi connectivity index (χ2n) is 8.35. The van der Waals surface area contributed by atoms with Crippen LogP contribution in [0.15, 0.2) is 29.3 Å². The van der Waals surface area contributed by atoms with Crippen molar-refractivity contribution >= 4 is 29.9 Å². The summed E-state index contributed by atoms with van der Waals surface area (Å²) in [6.45, 7) is 8.26. The van der Waals surface area contributed by atoms with E-state index in [4.69, 9.17) is 9.47 Å². The molecule has 2 heterocycles. The molecule has 1 aromatic rings. The quantitative estimate of drug-likeness (QED) is 0.306. The number of nitrogens with one attached hydrogen (secondary N) is 2. The Labute approximate surface area is 199 Å². The highest BCUT2D eigenvalue weighted by atomic mass is 127. The highest BCUT2D eigenvalue weighted by Crippen LogP contribution is 2.30. The summed E-state index contributed by atoms with van der Waals surface area (Å²) in [7, 11) is 3.56. The molecule has 0 bridgehead atoms. The maximum absolute atomic E-state index is 5.66. The topological polar surface area (TPSA) is 58.1 Å². The third kappa shape index (κ3) is 6.72. The predicted octanol–water partition coefficient (Wildman–Crippen LogP) is 3.62. The summed E-state index contributed by atoms with van der Waals surface area (Å²) >= 11 is 0. The molecule has 6 nitrogen and oxygen atoms in total. The second-order valence-corrected chi connectivity index (χ2v) is 8.35. The fraction of sp³-hybridized carbons (Fsp3) is 0.696. The Balaban J connectivity index is 0.00000320. The Morgan fingerprint density at radius 2 is 1.83 bits per heavy atom. The molecule has 2 fully saturated rings. The van der Waals surface area contributed by atoms with Gasteiger partial charge in [0.25, 0.3) is 0 Å². The first-order valence-corrected chi connectivity index (χ1v) is 11.1. The van der Waals surface area contributed by atoms with Crippen LogP contribution < -0.4 is 15.4 Å². The Bertz CT molecular complexity index is 641. The summed E-state index contributed by atoms with van der Waals surface area (Å²) in [5, 5.41) is 7.12. The SMILES string of the molecule is CN=C(NCCC(C)c1ccc(OC)cc1)NCC1(N2CCCC2)CCOCC1.I. The van der Waals surface area contributed by atoms with E-state index < -0.39 is 0 Å². The number of guanidine groups is 1. The van der Waals surface area contributed by atoms with Gasteiger partial charge in [-0.3, -0.25) is 9.89 Å². The smallest absolute Gasteiger partial charge is 0.191 e. The molecule has 3 rings (SSSR count). The molecule has 0 amide bonds. The first kappa shape index (κ1) is 25.2. The number of ether oxygens (including phenoxy) is 2. The Morgan fingerprint density at radius 3 is 2.43 bits per heavy atom.